The molecule has 5 nitrogen and oxygen atoms in total. The van der Waals surface area contributed by atoms with E-state index in [-0.39, 0.29) is 18.0 Å². The summed E-state index contributed by atoms with van der Waals surface area (Å²) in [5.41, 5.74) is 1.94. The molecule has 0 radical (unpaired) electrons. The molecule has 1 heterocycles. The van der Waals surface area contributed by atoms with E-state index in [0.29, 0.717) is 5.75 Å². The average Bonchev–Trinajstić information content (AvgIpc) is 3.11. The molecule has 2 unspecified atom stereocenters. The first-order valence-corrected chi connectivity index (χ1v) is 9.76. The molecule has 2 aromatic carbocycles. The number of ether oxygens (including phenoxy) is 3. The van der Waals surface area contributed by atoms with E-state index >= 15 is 0 Å². The van der Waals surface area contributed by atoms with E-state index < -0.39 is 6.10 Å². The number of benzene rings is 2. The molecule has 2 atom stereocenters. The van der Waals surface area contributed by atoms with Gasteiger partial charge in [0.25, 0.3) is 0 Å². The van der Waals surface area contributed by atoms with Crippen LogP contribution in [0.4, 0.5) is 0 Å². The quantitative estimate of drug-likeness (QED) is 0.671. The van der Waals surface area contributed by atoms with Crippen LogP contribution >= 0.6 is 0 Å². The second-order valence-corrected chi connectivity index (χ2v) is 7.57. The lowest BCUT2D eigenvalue weighted by atomic mass is 9.94. The predicted molar refractivity (Wildman–Crippen MR) is 109 cm³/mol. The molecule has 28 heavy (non-hydrogen) atoms. The molecule has 1 saturated heterocycles. The van der Waals surface area contributed by atoms with E-state index in [1.807, 2.05) is 43.4 Å². The fourth-order valence-corrected chi connectivity index (χ4v) is 3.52. The van der Waals surface area contributed by atoms with Crippen LogP contribution < -0.4 is 9.47 Å². The van der Waals surface area contributed by atoms with E-state index in [9.17, 15) is 4.79 Å². The predicted octanol–water partition coefficient (Wildman–Crippen LogP) is 4.19. The standard InChI is InChI=1S/C23H29NO4/c1-16(2)20-7-5-6-8-21(20)22(23(25)28-19-13-14-24(3)15-19)27-18-11-9-17(26-4)10-12-18/h5-12,16,19,22H,13-15H2,1-4H3. The third-order valence-electron chi connectivity index (χ3n) is 5.06. The molecular formula is C23H29NO4. The fraction of sp³-hybridized carbons (Fsp3) is 0.435. The Kier molecular flexibility index (Phi) is 6.57. The minimum atomic E-state index is -0.807. The summed E-state index contributed by atoms with van der Waals surface area (Å²) in [6.45, 7) is 5.92. The van der Waals surface area contributed by atoms with E-state index in [1.54, 1.807) is 19.2 Å². The number of hydrogen-bond donors (Lipinski definition) is 0. The number of likely N-dealkylation sites (tertiary alicyclic amines) is 1. The summed E-state index contributed by atoms with van der Waals surface area (Å²) >= 11 is 0. The Morgan fingerprint density at radius 3 is 2.25 bits per heavy atom. The van der Waals surface area contributed by atoms with Crippen LogP contribution in [-0.2, 0) is 9.53 Å². The van der Waals surface area contributed by atoms with Gasteiger partial charge < -0.3 is 19.1 Å². The summed E-state index contributed by atoms with van der Waals surface area (Å²) in [5, 5.41) is 0. The number of carbonyl (C=O) groups excluding carboxylic acids is 1. The Balaban J connectivity index is 1.87. The maximum absolute atomic E-state index is 13.1. The molecule has 3 rings (SSSR count). The van der Waals surface area contributed by atoms with E-state index in [2.05, 4.69) is 18.7 Å². The van der Waals surface area contributed by atoms with Crippen molar-refractivity contribution in [3.8, 4) is 11.5 Å². The van der Waals surface area contributed by atoms with Crippen molar-refractivity contribution in [2.45, 2.75) is 38.4 Å². The molecule has 0 aromatic heterocycles. The lowest BCUT2D eigenvalue weighted by Crippen LogP contribution is -2.29. The van der Waals surface area contributed by atoms with Gasteiger partial charge in [0.15, 0.2) is 0 Å². The van der Waals surface area contributed by atoms with Gasteiger partial charge in [0, 0.05) is 18.7 Å². The van der Waals surface area contributed by atoms with E-state index in [4.69, 9.17) is 14.2 Å². The van der Waals surface area contributed by atoms with Crippen molar-refractivity contribution in [3.05, 3.63) is 59.7 Å². The minimum Gasteiger partial charge on any atom is -0.497 e. The minimum absolute atomic E-state index is 0.0920. The third kappa shape index (κ3) is 4.84. The largest absolute Gasteiger partial charge is 0.497 e. The number of esters is 1. The van der Waals surface area contributed by atoms with Crippen molar-refractivity contribution in [3.63, 3.8) is 0 Å². The van der Waals surface area contributed by atoms with Crippen LogP contribution in [0.25, 0.3) is 0 Å². The van der Waals surface area contributed by atoms with E-state index in [1.165, 1.54) is 0 Å². The van der Waals surface area contributed by atoms with Crippen LogP contribution in [0.15, 0.2) is 48.5 Å². The Labute approximate surface area is 167 Å². The highest BCUT2D eigenvalue weighted by Gasteiger charge is 2.31. The Bertz CT molecular complexity index is 787. The second-order valence-electron chi connectivity index (χ2n) is 7.57. The molecule has 0 aliphatic carbocycles. The van der Waals surface area contributed by atoms with Crippen LogP contribution in [-0.4, -0.2) is 44.2 Å². The topological polar surface area (TPSA) is 48.0 Å². The smallest absolute Gasteiger partial charge is 0.352 e. The highest BCUT2D eigenvalue weighted by molar-refractivity contribution is 5.78. The molecule has 150 valence electrons. The first-order valence-electron chi connectivity index (χ1n) is 9.76. The summed E-state index contributed by atoms with van der Waals surface area (Å²) < 4.78 is 17.2. The SMILES string of the molecule is COc1ccc(OC(C(=O)OC2CCN(C)C2)c2ccccc2C(C)C)cc1. The van der Waals surface area contributed by atoms with Gasteiger partial charge in [0.2, 0.25) is 6.10 Å². The summed E-state index contributed by atoms with van der Waals surface area (Å²) in [4.78, 5) is 15.3. The number of nitrogens with zero attached hydrogens (tertiary/aromatic N) is 1. The van der Waals surface area contributed by atoms with Gasteiger partial charge in [-0.25, -0.2) is 4.79 Å². The average molecular weight is 383 g/mol. The summed E-state index contributed by atoms with van der Waals surface area (Å²) in [5.74, 6) is 1.26. The summed E-state index contributed by atoms with van der Waals surface area (Å²) in [6, 6.07) is 15.2. The van der Waals surface area contributed by atoms with Crippen molar-refractivity contribution in [1.29, 1.82) is 0 Å². The number of hydrogen-bond acceptors (Lipinski definition) is 5. The van der Waals surface area contributed by atoms with Crippen molar-refractivity contribution in [1.82, 2.24) is 4.90 Å². The van der Waals surface area contributed by atoms with Crippen molar-refractivity contribution in [2.75, 3.05) is 27.2 Å². The first-order chi connectivity index (χ1) is 13.5. The van der Waals surface area contributed by atoms with Crippen molar-refractivity contribution < 1.29 is 19.0 Å². The van der Waals surface area contributed by atoms with Gasteiger partial charge >= 0.3 is 5.97 Å². The zero-order valence-corrected chi connectivity index (χ0v) is 17.1. The summed E-state index contributed by atoms with van der Waals surface area (Å²) in [7, 11) is 3.65. The van der Waals surface area contributed by atoms with Crippen LogP contribution in [0.1, 0.15) is 43.4 Å². The molecule has 0 amide bonds. The third-order valence-corrected chi connectivity index (χ3v) is 5.06. The van der Waals surface area contributed by atoms with Gasteiger partial charge in [0.1, 0.15) is 17.6 Å². The summed E-state index contributed by atoms with van der Waals surface area (Å²) in [6.07, 6.45) is -0.0489. The fourth-order valence-electron chi connectivity index (χ4n) is 3.52. The molecule has 0 bridgehead atoms. The molecule has 0 saturated carbocycles. The molecule has 0 spiro atoms. The normalized spacial score (nSPS) is 18.1. The lowest BCUT2D eigenvalue weighted by molar-refractivity contribution is -0.157. The maximum Gasteiger partial charge on any atom is 0.352 e. The first kappa shape index (κ1) is 20.2. The van der Waals surface area contributed by atoms with Gasteiger partial charge in [-0.3, -0.25) is 0 Å². The zero-order chi connectivity index (χ0) is 20.1. The Morgan fingerprint density at radius 2 is 1.68 bits per heavy atom. The van der Waals surface area contributed by atoms with Gasteiger partial charge in [-0.1, -0.05) is 38.1 Å². The van der Waals surface area contributed by atoms with Crippen LogP contribution in [0.2, 0.25) is 0 Å². The Morgan fingerprint density at radius 1 is 1.04 bits per heavy atom. The van der Waals surface area contributed by atoms with Crippen molar-refractivity contribution in [2.24, 2.45) is 0 Å². The van der Waals surface area contributed by atoms with Gasteiger partial charge in [-0.15, -0.1) is 0 Å². The number of carbonyl (C=O) groups is 1. The molecular weight excluding hydrogens is 354 g/mol. The van der Waals surface area contributed by atoms with Crippen LogP contribution in [0.3, 0.4) is 0 Å². The number of likely N-dealkylation sites (N-methyl/N-ethyl adjacent to an activating group) is 1. The van der Waals surface area contributed by atoms with Gasteiger partial charge in [0.05, 0.1) is 7.11 Å². The molecule has 5 heteroatoms. The van der Waals surface area contributed by atoms with Gasteiger partial charge in [-0.2, -0.15) is 0 Å². The van der Waals surface area contributed by atoms with Crippen LogP contribution in [0, 0.1) is 0 Å². The maximum atomic E-state index is 13.1. The van der Waals surface area contributed by atoms with Crippen molar-refractivity contribution >= 4 is 5.97 Å². The molecule has 1 aliphatic heterocycles. The highest BCUT2D eigenvalue weighted by atomic mass is 16.6. The molecule has 1 fully saturated rings. The highest BCUT2D eigenvalue weighted by Crippen LogP contribution is 2.31. The second kappa shape index (κ2) is 9.11. The van der Waals surface area contributed by atoms with Gasteiger partial charge in [-0.05, 0) is 49.2 Å². The number of methoxy groups -OCH3 is 1. The monoisotopic (exact) mass is 383 g/mol. The number of rotatable bonds is 7. The Hall–Kier alpha value is -2.53. The zero-order valence-electron chi connectivity index (χ0n) is 17.1. The lowest BCUT2D eigenvalue weighted by Gasteiger charge is -2.24. The van der Waals surface area contributed by atoms with Crippen LogP contribution in [0.5, 0.6) is 11.5 Å². The van der Waals surface area contributed by atoms with E-state index in [0.717, 1.165) is 36.4 Å². The molecule has 2 aromatic rings. The molecule has 0 N–H and O–H groups in total. The molecule has 1 aliphatic rings.